The van der Waals surface area contributed by atoms with Crippen molar-refractivity contribution in [2.45, 2.75) is 40.2 Å². The predicted molar refractivity (Wildman–Crippen MR) is 112 cm³/mol. The minimum Gasteiger partial charge on any atom is -0.357 e. The lowest BCUT2D eigenvalue weighted by molar-refractivity contribution is 0.136. The molecule has 1 aromatic rings. The Bertz CT molecular complexity index is 518. The van der Waals surface area contributed by atoms with Crippen molar-refractivity contribution in [3.05, 3.63) is 35.4 Å². The summed E-state index contributed by atoms with van der Waals surface area (Å²) in [7, 11) is 0. The summed E-state index contributed by atoms with van der Waals surface area (Å²) in [5, 5.41) is 6.81. The zero-order valence-corrected chi connectivity index (χ0v) is 16.9. The molecule has 0 bridgehead atoms. The smallest absolute Gasteiger partial charge is 0.191 e. The van der Waals surface area contributed by atoms with E-state index in [1.165, 1.54) is 63.2 Å². The molecular formula is C21H37N5. The summed E-state index contributed by atoms with van der Waals surface area (Å²) in [5.74, 6) is 0.921. The standard InChI is InChI=1S/C21H37N5/c1-4-22-21(24-18-20-10-8-19(3)9-11-20)23-12-6-7-13-26-16-14-25(5-2)15-17-26/h8-11H,4-7,12-18H2,1-3H3,(H2,22,23,24). The van der Waals surface area contributed by atoms with Gasteiger partial charge in [-0.1, -0.05) is 36.8 Å². The fourth-order valence-electron chi connectivity index (χ4n) is 3.20. The van der Waals surface area contributed by atoms with Gasteiger partial charge in [0.25, 0.3) is 0 Å². The van der Waals surface area contributed by atoms with Gasteiger partial charge in [0.15, 0.2) is 5.96 Å². The molecule has 5 heteroatoms. The lowest BCUT2D eigenvalue weighted by atomic mass is 10.1. The van der Waals surface area contributed by atoms with Crippen molar-refractivity contribution in [1.29, 1.82) is 0 Å². The number of aryl methyl sites for hydroxylation is 1. The van der Waals surface area contributed by atoms with Gasteiger partial charge in [0.2, 0.25) is 0 Å². The first-order chi connectivity index (χ1) is 12.7. The SMILES string of the molecule is CCNC(=NCc1ccc(C)cc1)NCCCCN1CCN(CC)CC1. The molecule has 1 heterocycles. The molecule has 0 atom stereocenters. The van der Waals surface area contributed by atoms with Gasteiger partial charge in [-0.3, -0.25) is 0 Å². The minimum atomic E-state index is 0.720. The summed E-state index contributed by atoms with van der Waals surface area (Å²) in [6.07, 6.45) is 2.43. The van der Waals surface area contributed by atoms with Crippen molar-refractivity contribution < 1.29 is 0 Å². The van der Waals surface area contributed by atoms with Gasteiger partial charge < -0.3 is 20.4 Å². The summed E-state index contributed by atoms with van der Waals surface area (Å²) < 4.78 is 0. The van der Waals surface area contributed by atoms with Crippen LogP contribution in [0.1, 0.15) is 37.8 Å². The average molecular weight is 360 g/mol. The number of piperazine rings is 1. The summed E-state index contributed by atoms with van der Waals surface area (Å²) >= 11 is 0. The number of aliphatic imine (C=N–C) groups is 1. The molecule has 1 aliphatic rings. The zero-order valence-electron chi connectivity index (χ0n) is 16.9. The van der Waals surface area contributed by atoms with Crippen LogP contribution in [0.25, 0.3) is 0 Å². The molecule has 1 aromatic carbocycles. The van der Waals surface area contributed by atoms with Gasteiger partial charge in [-0.15, -0.1) is 0 Å². The Kier molecular flexibility index (Phi) is 9.50. The Morgan fingerprint density at radius 1 is 0.962 bits per heavy atom. The number of likely N-dealkylation sites (N-methyl/N-ethyl adjacent to an activating group) is 1. The maximum Gasteiger partial charge on any atom is 0.191 e. The van der Waals surface area contributed by atoms with Crippen LogP contribution in [0.15, 0.2) is 29.3 Å². The number of rotatable bonds is 9. The Labute approximate surface area is 159 Å². The highest BCUT2D eigenvalue weighted by Crippen LogP contribution is 2.05. The van der Waals surface area contributed by atoms with Gasteiger partial charge in [0, 0.05) is 39.3 Å². The second-order valence-corrected chi connectivity index (χ2v) is 7.09. The molecule has 0 spiro atoms. The molecular weight excluding hydrogens is 322 g/mol. The summed E-state index contributed by atoms with van der Waals surface area (Å²) in [5.41, 5.74) is 2.54. The van der Waals surface area contributed by atoms with E-state index in [-0.39, 0.29) is 0 Å². The summed E-state index contributed by atoms with van der Waals surface area (Å²) in [4.78, 5) is 9.83. The van der Waals surface area contributed by atoms with Crippen LogP contribution in [0, 0.1) is 6.92 Å². The molecule has 26 heavy (non-hydrogen) atoms. The Morgan fingerprint density at radius 3 is 2.31 bits per heavy atom. The highest BCUT2D eigenvalue weighted by atomic mass is 15.3. The first kappa shape index (κ1) is 20.7. The Balaban J connectivity index is 1.63. The quantitative estimate of drug-likeness (QED) is 0.404. The third kappa shape index (κ3) is 7.75. The number of benzene rings is 1. The van der Waals surface area contributed by atoms with Crippen LogP contribution in [0.2, 0.25) is 0 Å². The van der Waals surface area contributed by atoms with Crippen LogP contribution in [-0.4, -0.2) is 68.1 Å². The maximum absolute atomic E-state index is 4.70. The van der Waals surface area contributed by atoms with Crippen molar-refractivity contribution in [3.63, 3.8) is 0 Å². The van der Waals surface area contributed by atoms with Gasteiger partial charge in [0.05, 0.1) is 6.54 Å². The van der Waals surface area contributed by atoms with Gasteiger partial charge in [0.1, 0.15) is 0 Å². The highest BCUT2D eigenvalue weighted by molar-refractivity contribution is 5.79. The van der Waals surface area contributed by atoms with Crippen molar-refractivity contribution in [2.75, 3.05) is 52.4 Å². The molecule has 0 unspecified atom stereocenters. The third-order valence-electron chi connectivity index (χ3n) is 4.99. The second-order valence-electron chi connectivity index (χ2n) is 7.09. The Hall–Kier alpha value is -1.59. The largest absolute Gasteiger partial charge is 0.357 e. The number of hydrogen-bond donors (Lipinski definition) is 2. The van der Waals surface area contributed by atoms with Crippen molar-refractivity contribution >= 4 is 5.96 Å². The topological polar surface area (TPSA) is 42.9 Å². The Morgan fingerprint density at radius 2 is 1.65 bits per heavy atom. The first-order valence-electron chi connectivity index (χ1n) is 10.2. The number of guanidine groups is 1. The zero-order chi connectivity index (χ0) is 18.6. The molecule has 1 fully saturated rings. The first-order valence-corrected chi connectivity index (χ1v) is 10.2. The third-order valence-corrected chi connectivity index (χ3v) is 4.99. The lowest BCUT2D eigenvalue weighted by Crippen LogP contribution is -2.46. The molecule has 0 amide bonds. The van der Waals surface area contributed by atoms with Crippen LogP contribution in [0.4, 0.5) is 0 Å². The summed E-state index contributed by atoms with van der Waals surface area (Å²) in [6, 6.07) is 8.60. The molecule has 146 valence electrons. The van der Waals surface area contributed by atoms with Crippen LogP contribution in [0.5, 0.6) is 0 Å². The van der Waals surface area contributed by atoms with Gasteiger partial charge >= 0.3 is 0 Å². The van der Waals surface area contributed by atoms with E-state index in [9.17, 15) is 0 Å². The molecule has 1 saturated heterocycles. The monoisotopic (exact) mass is 359 g/mol. The molecule has 1 aliphatic heterocycles. The minimum absolute atomic E-state index is 0.720. The normalized spacial score (nSPS) is 16.7. The molecule has 0 aliphatic carbocycles. The van der Waals surface area contributed by atoms with E-state index in [4.69, 9.17) is 4.99 Å². The summed E-state index contributed by atoms with van der Waals surface area (Å²) in [6.45, 7) is 16.4. The van der Waals surface area contributed by atoms with Gasteiger partial charge in [-0.05, 0) is 45.3 Å². The average Bonchev–Trinajstić information content (AvgIpc) is 2.67. The van der Waals surface area contributed by atoms with E-state index < -0.39 is 0 Å². The van der Waals surface area contributed by atoms with Crippen LogP contribution in [0.3, 0.4) is 0 Å². The molecule has 0 saturated carbocycles. The lowest BCUT2D eigenvalue weighted by Gasteiger charge is -2.34. The maximum atomic E-state index is 4.70. The van der Waals surface area contributed by atoms with Gasteiger partial charge in [-0.25, -0.2) is 4.99 Å². The number of unbranched alkanes of at least 4 members (excludes halogenated alkanes) is 1. The van der Waals surface area contributed by atoms with E-state index in [0.29, 0.717) is 0 Å². The van der Waals surface area contributed by atoms with Crippen molar-refractivity contribution in [1.82, 2.24) is 20.4 Å². The molecule has 2 N–H and O–H groups in total. The van der Waals surface area contributed by atoms with E-state index in [1.807, 2.05) is 0 Å². The van der Waals surface area contributed by atoms with Gasteiger partial charge in [-0.2, -0.15) is 0 Å². The molecule has 2 rings (SSSR count). The predicted octanol–water partition coefficient (Wildman–Crippen LogP) is 2.47. The van der Waals surface area contributed by atoms with E-state index in [2.05, 4.69) is 65.5 Å². The fraction of sp³-hybridized carbons (Fsp3) is 0.667. The van der Waals surface area contributed by atoms with Crippen LogP contribution in [-0.2, 0) is 6.54 Å². The molecule has 0 radical (unpaired) electrons. The fourth-order valence-corrected chi connectivity index (χ4v) is 3.20. The molecule has 0 aromatic heterocycles. The van der Waals surface area contributed by atoms with Crippen molar-refractivity contribution in [2.24, 2.45) is 4.99 Å². The second kappa shape index (κ2) is 11.9. The molecule has 5 nitrogen and oxygen atoms in total. The van der Waals surface area contributed by atoms with E-state index in [1.54, 1.807) is 0 Å². The van der Waals surface area contributed by atoms with Crippen LogP contribution >= 0.6 is 0 Å². The number of nitrogens with zero attached hydrogens (tertiary/aromatic N) is 3. The van der Waals surface area contributed by atoms with Crippen LogP contribution < -0.4 is 10.6 Å². The van der Waals surface area contributed by atoms with E-state index in [0.717, 1.165) is 25.6 Å². The number of hydrogen-bond acceptors (Lipinski definition) is 3. The number of nitrogens with one attached hydrogen (secondary N) is 2. The van der Waals surface area contributed by atoms with E-state index >= 15 is 0 Å². The van der Waals surface area contributed by atoms with Crippen molar-refractivity contribution in [3.8, 4) is 0 Å². The highest BCUT2D eigenvalue weighted by Gasteiger charge is 2.14.